The summed E-state index contributed by atoms with van der Waals surface area (Å²) >= 11 is 0. The smallest absolute Gasteiger partial charge is 0.243 e. The van der Waals surface area contributed by atoms with Crippen molar-refractivity contribution in [2.24, 2.45) is 0 Å². The van der Waals surface area contributed by atoms with Crippen LogP contribution in [0.4, 0.5) is 11.4 Å². The molecule has 3 rings (SSSR count). The number of carbonyl (C=O) groups excluding carboxylic acids is 1. The molecule has 3 aromatic rings. The fraction of sp³-hybridized carbons (Fsp3) is 0.136. The van der Waals surface area contributed by atoms with Crippen molar-refractivity contribution in [3.8, 4) is 11.5 Å². The Hall–Kier alpha value is -3.27. The van der Waals surface area contributed by atoms with E-state index in [2.05, 4.69) is 10.6 Å². The number of rotatable bonds is 6. The van der Waals surface area contributed by atoms with E-state index in [4.69, 9.17) is 4.74 Å². The van der Waals surface area contributed by atoms with E-state index in [9.17, 15) is 4.79 Å². The van der Waals surface area contributed by atoms with Crippen LogP contribution in [0, 0.1) is 13.8 Å². The lowest BCUT2D eigenvalue weighted by Gasteiger charge is -2.14. The van der Waals surface area contributed by atoms with Crippen molar-refractivity contribution in [1.82, 2.24) is 0 Å². The second-order valence-electron chi connectivity index (χ2n) is 6.06. The summed E-state index contributed by atoms with van der Waals surface area (Å²) in [5.41, 5.74) is 3.84. The molecule has 0 aromatic heterocycles. The van der Waals surface area contributed by atoms with E-state index in [1.165, 1.54) is 0 Å². The quantitative estimate of drug-likeness (QED) is 0.649. The van der Waals surface area contributed by atoms with Gasteiger partial charge in [0.15, 0.2) is 5.75 Å². The van der Waals surface area contributed by atoms with Gasteiger partial charge in [0.1, 0.15) is 5.75 Å². The molecule has 0 aliphatic carbocycles. The zero-order valence-electron chi connectivity index (χ0n) is 15.0. The predicted molar refractivity (Wildman–Crippen MR) is 106 cm³/mol. The van der Waals surface area contributed by atoms with Crippen LogP contribution in [0.25, 0.3) is 0 Å². The van der Waals surface area contributed by atoms with Crippen molar-refractivity contribution < 1.29 is 9.53 Å². The van der Waals surface area contributed by atoms with Gasteiger partial charge >= 0.3 is 0 Å². The highest BCUT2D eigenvalue weighted by atomic mass is 16.5. The highest BCUT2D eigenvalue weighted by molar-refractivity contribution is 5.94. The number of hydrogen-bond acceptors (Lipinski definition) is 3. The molecule has 0 radical (unpaired) electrons. The van der Waals surface area contributed by atoms with Crippen LogP contribution in [0.3, 0.4) is 0 Å². The Kier molecular flexibility index (Phi) is 5.54. The van der Waals surface area contributed by atoms with Crippen LogP contribution >= 0.6 is 0 Å². The monoisotopic (exact) mass is 346 g/mol. The highest BCUT2D eigenvalue weighted by Gasteiger charge is 2.08. The summed E-state index contributed by atoms with van der Waals surface area (Å²) in [6, 6.07) is 23.0. The molecule has 0 aliphatic heterocycles. The first-order valence-electron chi connectivity index (χ1n) is 8.55. The van der Waals surface area contributed by atoms with E-state index < -0.39 is 0 Å². The maximum Gasteiger partial charge on any atom is 0.243 e. The van der Waals surface area contributed by atoms with Crippen LogP contribution in [0.5, 0.6) is 11.5 Å². The molecule has 0 unspecified atom stereocenters. The number of amides is 1. The normalized spacial score (nSPS) is 10.2. The van der Waals surface area contributed by atoms with Crippen molar-refractivity contribution in [3.05, 3.63) is 83.9 Å². The molecule has 0 aliphatic rings. The number of anilines is 2. The molecule has 3 aromatic carbocycles. The average molecular weight is 346 g/mol. The van der Waals surface area contributed by atoms with Gasteiger partial charge in [0.2, 0.25) is 5.91 Å². The maximum atomic E-state index is 12.3. The van der Waals surface area contributed by atoms with Gasteiger partial charge in [-0.3, -0.25) is 4.79 Å². The molecule has 132 valence electrons. The number of para-hydroxylation sites is 3. The Morgan fingerprint density at radius 2 is 1.54 bits per heavy atom. The number of benzene rings is 3. The van der Waals surface area contributed by atoms with Gasteiger partial charge in [0.05, 0.1) is 12.2 Å². The summed E-state index contributed by atoms with van der Waals surface area (Å²) in [5, 5.41) is 6.10. The molecule has 0 atom stereocenters. The summed E-state index contributed by atoms with van der Waals surface area (Å²) in [6.45, 7) is 4.18. The lowest BCUT2D eigenvalue weighted by atomic mass is 10.1. The molecule has 4 heteroatoms. The molecule has 0 fully saturated rings. The number of aryl methyl sites for hydroxylation is 1. The van der Waals surface area contributed by atoms with Gasteiger partial charge in [0, 0.05) is 5.69 Å². The van der Waals surface area contributed by atoms with Gasteiger partial charge in [-0.1, -0.05) is 42.5 Å². The van der Waals surface area contributed by atoms with E-state index in [1.54, 1.807) is 0 Å². The van der Waals surface area contributed by atoms with Crippen molar-refractivity contribution in [1.29, 1.82) is 0 Å². The van der Waals surface area contributed by atoms with Gasteiger partial charge in [-0.15, -0.1) is 0 Å². The van der Waals surface area contributed by atoms with Crippen molar-refractivity contribution in [3.63, 3.8) is 0 Å². The number of hydrogen-bond donors (Lipinski definition) is 2. The van der Waals surface area contributed by atoms with Crippen molar-refractivity contribution in [2.75, 3.05) is 17.2 Å². The molecule has 0 saturated carbocycles. The van der Waals surface area contributed by atoms with E-state index in [0.717, 1.165) is 28.3 Å². The molecule has 0 bridgehead atoms. The largest absolute Gasteiger partial charge is 0.455 e. The molecule has 1 amide bonds. The van der Waals surface area contributed by atoms with Crippen LogP contribution in [0.2, 0.25) is 0 Å². The average Bonchev–Trinajstić information content (AvgIpc) is 2.66. The van der Waals surface area contributed by atoms with Crippen molar-refractivity contribution in [2.45, 2.75) is 13.8 Å². The molecule has 0 spiro atoms. The molecule has 0 saturated heterocycles. The third-order valence-corrected chi connectivity index (χ3v) is 4.18. The predicted octanol–water partition coefficient (Wildman–Crippen LogP) is 5.15. The summed E-state index contributed by atoms with van der Waals surface area (Å²) in [6.07, 6.45) is 0. The van der Waals surface area contributed by atoms with Gasteiger partial charge < -0.3 is 15.4 Å². The second-order valence-corrected chi connectivity index (χ2v) is 6.06. The first kappa shape index (κ1) is 17.5. The Labute approximate surface area is 153 Å². The van der Waals surface area contributed by atoms with Gasteiger partial charge in [0.25, 0.3) is 0 Å². The first-order chi connectivity index (χ1) is 12.6. The number of ether oxygens (including phenoxy) is 1. The Morgan fingerprint density at radius 3 is 2.35 bits per heavy atom. The lowest BCUT2D eigenvalue weighted by Crippen LogP contribution is -2.22. The molecular weight excluding hydrogens is 324 g/mol. The van der Waals surface area contributed by atoms with Crippen LogP contribution < -0.4 is 15.4 Å². The summed E-state index contributed by atoms with van der Waals surface area (Å²) < 4.78 is 5.90. The Bertz CT molecular complexity index is 892. The first-order valence-corrected chi connectivity index (χ1v) is 8.55. The molecule has 26 heavy (non-hydrogen) atoms. The van der Waals surface area contributed by atoms with Crippen LogP contribution in [-0.2, 0) is 4.79 Å². The number of nitrogens with one attached hydrogen (secondary N) is 2. The summed E-state index contributed by atoms with van der Waals surface area (Å²) in [4.78, 5) is 12.3. The lowest BCUT2D eigenvalue weighted by molar-refractivity contribution is -0.114. The molecule has 0 heterocycles. The van der Waals surface area contributed by atoms with Crippen LogP contribution in [0.1, 0.15) is 11.1 Å². The Balaban J connectivity index is 1.64. The molecule has 4 nitrogen and oxygen atoms in total. The summed E-state index contributed by atoms with van der Waals surface area (Å²) in [5.74, 6) is 1.33. The third-order valence-electron chi connectivity index (χ3n) is 4.18. The zero-order valence-corrected chi connectivity index (χ0v) is 15.0. The van der Waals surface area contributed by atoms with E-state index in [1.807, 2.05) is 86.6 Å². The minimum atomic E-state index is -0.104. The Morgan fingerprint density at radius 1 is 0.846 bits per heavy atom. The van der Waals surface area contributed by atoms with Crippen LogP contribution in [0.15, 0.2) is 72.8 Å². The third kappa shape index (κ3) is 4.42. The topological polar surface area (TPSA) is 50.4 Å². The van der Waals surface area contributed by atoms with E-state index >= 15 is 0 Å². The van der Waals surface area contributed by atoms with Gasteiger partial charge in [-0.2, -0.15) is 0 Å². The zero-order chi connectivity index (χ0) is 18.4. The minimum absolute atomic E-state index is 0.104. The molecular formula is C22H22N2O2. The van der Waals surface area contributed by atoms with E-state index in [0.29, 0.717) is 5.75 Å². The van der Waals surface area contributed by atoms with Crippen LogP contribution in [-0.4, -0.2) is 12.5 Å². The SMILES string of the molecule is Cc1cccc(NC(=O)CNc2ccccc2Oc2ccccc2)c1C. The fourth-order valence-corrected chi connectivity index (χ4v) is 2.57. The number of carbonyl (C=O) groups is 1. The summed E-state index contributed by atoms with van der Waals surface area (Å²) in [7, 11) is 0. The van der Waals surface area contributed by atoms with Gasteiger partial charge in [-0.25, -0.2) is 0 Å². The maximum absolute atomic E-state index is 12.3. The molecule has 2 N–H and O–H groups in total. The minimum Gasteiger partial charge on any atom is -0.455 e. The van der Waals surface area contributed by atoms with E-state index in [-0.39, 0.29) is 12.5 Å². The highest BCUT2D eigenvalue weighted by Crippen LogP contribution is 2.29. The van der Waals surface area contributed by atoms with Gasteiger partial charge in [-0.05, 0) is 55.3 Å². The standard InChI is InChI=1S/C22H22N2O2/c1-16-9-8-13-19(17(16)2)24-22(25)15-23-20-12-6-7-14-21(20)26-18-10-4-3-5-11-18/h3-14,23H,15H2,1-2H3,(H,24,25). The van der Waals surface area contributed by atoms with Crippen molar-refractivity contribution >= 4 is 17.3 Å². The fourth-order valence-electron chi connectivity index (χ4n) is 2.57. The second kappa shape index (κ2) is 8.21.